The summed E-state index contributed by atoms with van der Waals surface area (Å²) >= 11 is 0. The maximum Gasteiger partial charge on any atom is 0.275 e. The summed E-state index contributed by atoms with van der Waals surface area (Å²) in [5.41, 5.74) is 9.60. The number of hydrogen-bond acceptors (Lipinski definition) is 4. The van der Waals surface area contributed by atoms with Crippen LogP contribution >= 0.6 is 0 Å². The van der Waals surface area contributed by atoms with E-state index in [4.69, 9.17) is 0 Å². The molecule has 0 bridgehead atoms. The highest BCUT2D eigenvalue weighted by Gasteiger charge is 2.26. The van der Waals surface area contributed by atoms with Gasteiger partial charge in [0.15, 0.2) is 0 Å². The predicted octanol–water partition coefficient (Wildman–Crippen LogP) is 6.12. The molecule has 174 valence electrons. The third-order valence-corrected chi connectivity index (χ3v) is 6.48. The number of nitrogens with one attached hydrogen (secondary N) is 2. The zero-order valence-corrected chi connectivity index (χ0v) is 19.8. The first kappa shape index (κ1) is 21.7. The molecule has 2 N–H and O–H groups in total. The normalized spacial score (nSPS) is 16.2. The van der Waals surface area contributed by atoms with E-state index in [2.05, 4.69) is 32.8 Å². The summed E-state index contributed by atoms with van der Waals surface area (Å²) in [5, 5.41) is 5.73. The van der Waals surface area contributed by atoms with Gasteiger partial charge in [-0.1, -0.05) is 48.5 Å². The van der Waals surface area contributed by atoms with E-state index in [1.54, 1.807) is 0 Å². The van der Waals surface area contributed by atoms with Crippen LogP contribution in [-0.2, 0) is 9.59 Å². The topological polar surface area (TPSA) is 82.9 Å². The van der Waals surface area contributed by atoms with Crippen molar-refractivity contribution in [2.45, 2.75) is 13.8 Å². The van der Waals surface area contributed by atoms with Gasteiger partial charge >= 0.3 is 0 Å². The van der Waals surface area contributed by atoms with Crippen molar-refractivity contribution in [3.05, 3.63) is 107 Å². The Bertz CT molecular complexity index is 1530. The van der Waals surface area contributed by atoms with E-state index < -0.39 is 0 Å². The van der Waals surface area contributed by atoms with Crippen LogP contribution < -0.4 is 10.6 Å². The van der Waals surface area contributed by atoms with Gasteiger partial charge in [0.2, 0.25) is 0 Å². The van der Waals surface area contributed by atoms with E-state index in [-0.39, 0.29) is 11.8 Å². The van der Waals surface area contributed by atoms with Crippen molar-refractivity contribution in [1.29, 1.82) is 0 Å². The minimum absolute atomic E-state index is 0.189. The van der Waals surface area contributed by atoms with Crippen LogP contribution in [0.15, 0.2) is 94.9 Å². The SMILES string of the molecule is Cc1cc(-c2ccc(N=C3C(=O)Nc4ccccc43)c(C)c2)ccc1N=C1C(=O)Nc2ccccc21. The van der Waals surface area contributed by atoms with Crippen molar-refractivity contribution >= 4 is 46.0 Å². The molecule has 0 radical (unpaired) electrons. The number of para-hydroxylation sites is 2. The first-order chi connectivity index (χ1) is 17.5. The summed E-state index contributed by atoms with van der Waals surface area (Å²) in [4.78, 5) is 34.2. The Hall–Kier alpha value is -4.84. The number of carbonyl (C=O) groups is 2. The minimum Gasteiger partial charge on any atom is -0.320 e. The van der Waals surface area contributed by atoms with Crippen LogP contribution in [0.25, 0.3) is 11.1 Å². The molecule has 2 amide bonds. The second-order valence-corrected chi connectivity index (χ2v) is 8.92. The van der Waals surface area contributed by atoms with Crippen molar-refractivity contribution < 1.29 is 9.59 Å². The number of rotatable bonds is 3. The minimum atomic E-state index is -0.189. The smallest absolute Gasteiger partial charge is 0.275 e. The molecular formula is C30H22N4O2. The number of anilines is 2. The molecule has 0 unspecified atom stereocenters. The largest absolute Gasteiger partial charge is 0.320 e. The standard InChI is InChI=1S/C30H22N4O2/c1-17-15-19(11-13-23(17)31-27-21-7-3-5-9-25(21)33-29(27)35)20-12-14-24(18(2)16-20)32-28-22-8-4-6-10-26(22)34-30(28)36/h3-16H,1-2H3,(H,31,33,35)(H,32,34,36). The highest BCUT2D eigenvalue weighted by Crippen LogP contribution is 2.33. The number of fused-ring (bicyclic) bond motifs is 2. The molecule has 6 heteroatoms. The zero-order valence-electron chi connectivity index (χ0n) is 19.8. The molecule has 4 aromatic rings. The van der Waals surface area contributed by atoms with Crippen LogP contribution in [0.5, 0.6) is 0 Å². The Morgan fingerprint density at radius 1 is 0.556 bits per heavy atom. The number of aliphatic imine (C=N–C) groups is 2. The average Bonchev–Trinajstić information content (AvgIpc) is 3.36. The maximum atomic E-state index is 12.4. The van der Waals surface area contributed by atoms with E-state index in [1.165, 1.54) is 0 Å². The molecule has 0 fully saturated rings. The molecule has 0 saturated heterocycles. The lowest BCUT2D eigenvalue weighted by Gasteiger charge is -2.09. The van der Waals surface area contributed by atoms with E-state index in [0.29, 0.717) is 11.4 Å². The van der Waals surface area contributed by atoms with Crippen LogP contribution in [0.3, 0.4) is 0 Å². The van der Waals surface area contributed by atoms with Gasteiger partial charge in [-0.25, -0.2) is 9.98 Å². The number of carbonyl (C=O) groups excluding carboxylic acids is 2. The van der Waals surface area contributed by atoms with Gasteiger partial charge in [0.05, 0.1) is 22.7 Å². The van der Waals surface area contributed by atoms with Crippen molar-refractivity contribution in [3.63, 3.8) is 0 Å². The van der Waals surface area contributed by atoms with E-state index in [1.807, 2.05) is 86.6 Å². The van der Waals surface area contributed by atoms with Gasteiger partial charge < -0.3 is 10.6 Å². The third-order valence-electron chi connectivity index (χ3n) is 6.48. The lowest BCUT2D eigenvalue weighted by atomic mass is 10.00. The third kappa shape index (κ3) is 3.69. The summed E-state index contributed by atoms with van der Waals surface area (Å²) in [6.07, 6.45) is 0. The molecule has 0 saturated carbocycles. The average molecular weight is 471 g/mol. The Labute approximate surface area is 208 Å². The first-order valence-corrected chi connectivity index (χ1v) is 11.7. The fourth-order valence-corrected chi connectivity index (χ4v) is 4.59. The summed E-state index contributed by atoms with van der Waals surface area (Å²) in [7, 11) is 0. The van der Waals surface area contributed by atoms with Crippen LogP contribution in [0.1, 0.15) is 22.3 Å². The first-order valence-electron chi connectivity index (χ1n) is 11.7. The molecule has 4 aromatic carbocycles. The summed E-state index contributed by atoms with van der Waals surface area (Å²) in [6.45, 7) is 3.98. The number of nitrogens with zero attached hydrogens (tertiary/aromatic N) is 2. The molecule has 36 heavy (non-hydrogen) atoms. The molecule has 2 heterocycles. The highest BCUT2D eigenvalue weighted by molar-refractivity contribution is 6.54. The van der Waals surface area contributed by atoms with Gasteiger partial charge in [-0.05, 0) is 72.5 Å². The van der Waals surface area contributed by atoms with Gasteiger partial charge in [0.25, 0.3) is 11.8 Å². The zero-order chi connectivity index (χ0) is 24.8. The van der Waals surface area contributed by atoms with E-state index in [0.717, 1.165) is 56.1 Å². The molecule has 2 aliphatic heterocycles. The molecular weight excluding hydrogens is 448 g/mol. The molecule has 6 nitrogen and oxygen atoms in total. The van der Waals surface area contributed by atoms with Crippen LogP contribution in [0.4, 0.5) is 22.7 Å². The van der Waals surface area contributed by atoms with Gasteiger partial charge in [-0.2, -0.15) is 0 Å². The van der Waals surface area contributed by atoms with Crippen molar-refractivity contribution in [1.82, 2.24) is 0 Å². The Kier molecular flexibility index (Phi) is 5.08. The molecule has 0 aromatic heterocycles. The second kappa shape index (κ2) is 8.43. The van der Waals surface area contributed by atoms with Crippen LogP contribution in [0.2, 0.25) is 0 Å². The van der Waals surface area contributed by atoms with Gasteiger partial charge in [0, 0.05) is 11.1 Å². The Morgan fingerprint density at radius 2 is 0.972 bits per heavy atom. The number of aryl methyl sites for hydroxylation is 2. The fourth-order valence-electron chi connectivity index (χ4n) is 4.59. The number of hydrogen-bond donors (Lipinski definition) is 2. The molecule has 0 spiro atoms. The highest BCUT2D eigenvalue weighted by atomic mass is 16.2. The van der Waals surface area contributed by atoms with Crippen LogP contribution in [-0.4, -0.2) is 23.2 Å². The lowest BCUT2D eigenvalue weighted by molar-refractivity contribution is -0.110. The molecule has 0 aliphatic carbocycles. The van der Waals surface area contributed by atoms with E-state index >= 15 is 0 Å². The quantitative estimate of drug-likeness (QED) is 0.378. The van der Waals surface area contributed by atoms with Gasteiger partial charge in [-0.3, -0.25) is 9.59 Å². The van der Waals surface area contributed by atoms with E-state index in [9.17, 15) is 9.59 Å². The van der Waals surface area contributed by atoms with Crippen molar-refractivity contribution in [2.75, 3.05) is 10.6 Å². The fraction of sp³-hybridized carbons (Fsp3) is 0.0667. The molecule has 6 rings (SSSR count). The Balaban J connectivity index is 1.31. The predicted molar refractivity (Wildman–Crippen MR) is 144 cm³/mol. The molecule has 2 aliphatic rings. The van der Waals surface area contributed by atoms with Crippen molar-refractivity contribution in [3.8, 4) is 11.1 Å². The summed E-state index contributed by atoms with van der Waals surface area (Å²) < 4.78 is 0. The van der Waals surface area contributed by atoms with Crippen molar-refractivity contribution in [2.24, 2.45) is 9.98 Å². The van der Waals surface area contributed by atoms with Gasteiger partial charge in [-0.15, -0.1) is 0 Å². The number of amides is 2. The summed E-state index contributed by atoms with van der Waals surface area (Å²) in [5.74, 6) is -0.378. The van der Waals surface area contributed by atoms with Crippen LogP contribution in [0, 0.1) is 13.8 Å². The lowest BCUT2D eigenvalue weighted by Crippen LogP contribution is -2.14. The Morgan fingerprint density at radius 3 is 1.39 bits per heavy atom. The summed E-state index contributed by atoms with van der Waals surface area (Å²) in [6, 6.07) is 27.2. The maximum absolute atomic E-state index is 12.4. The molecule has 0 atom stereocenters. The number of benzene rings is 4. The second-order valence-electron chi connectivity index (χ2n) is 8.92. The van der Waals surface area contributed by atoms with Gasteiger partial charge in [0.1, 0.15) is 11.4 Å². The monoisotopic (exact) mass is 470 g/mol.